The predicted molar refractivity (Wildman–Crippen MR) is 216 cm³/mol. The normalized spacial score (nSPS) is 18.5. The first-order valence-corrected chi connectivity index (χ1v) is 20.1. The molecule has 3 aromatic heterocycles. The van der Waals surface area contributed by atoms with Crippen molar-refractivity contribution in [1.29, 1.82) is 0 Å². The number of rotatable bonds is 14. The Kier molecular flexibility index (Phi) is 12.1. The number of likely N-dealkylation sites (tertiary alicyclic amines) is 2. The van der Waals surface area contributed by atoms with Crippen LogP contribution in [-0.4, -0.2) is 94.8 Å². The van der Waals surface area contributed by atoms with Gasteiger partial charge in [0.15, 0.2) is 11.9 Å². The summed E-state index contributed by atoms with van der Waals surface area (Å²) in [6.45, 7) is 10.8. The molecule has 0 spiro atoms. The fraction of sp³-hybridized carbons (Fsp3) is 0.419. The number of imidazole rings is 2. The van der Waals surface area contributed by atoms with E-state index in [4.69, 9.17) is 15.5 Å². The third kappa shape index (κ3) is 8.31. The van der Waals surface area contributed by atoms with Gasteiger partial charge in [0.25, 0.3) is 5.91 Å². The lowest BCUT2D eigenvalue weighted by molar-refractivity contribution is -0.144. The quantitative estimate of drug-likeness (QED) is 0.109. The van der Waals surface area contributed by atoms with Gasteiger partial charge >= 0.3 is 6.09 Å². The molecule has 2 saturated heterocycles. The van der Waals surface area contributed by atoms with Crippen molar-refractivity contribution in [3.63, 3.8) is 0 Å². The Hall–Kier alpha value is -5.89. The van der Waals surface area contributed by atoms with Crippen LogP contribution in [0.15, 0.2) is 79.4 Å². The molecular weight excluding hydrogens is 721 g/mol. The van der Waals surface area contributed by atoms with Gasteiger partial charge in [-0.25, -0.2) is 24.7 Å². The zero-order valence-electron chi connectivity index (χ0n) is 33.1. The zero-order chi connectivity index (χ0) is 40.1. The number of nitrogens with two attached hydrogens (primary N) is 1. The smallest absolute Gasteiger partial charge is 0.405 e. The molecule has 2 aliphatic rings. The molecule has 5 aromatic rings. The van der Waals surface area contributed by atoms with E-state index in [9.17, 15) is 14.4 Å². The van der Waals surface area contributed by atoms with Crippen molar-refractivity contribution in [1.82, 2.24) is 44.6 Å². The Bertz CT molecular complexity index is 2130. The van der Waals surface area contributed by atoms with E-state index >= 15 is 0 Å². The van der Waals surface area contributed by atoms with Crippen LogP contribution >= 0.6 is 0 Å². The van der Waals surface area contributed by atoms with Crippen LogP contribution in [0.1, 0.15) is 95.1 Å². The minimum Gasteiger partial charge on any atom is -0.436 e. The van der Waals surface area contributed by atoms with Gasteiger partial charge in [-0.05, 0) is 56.3 Å². The number of aromatic nitrogens is 6. The van der Waals surface area contributed by atoms with E-state index in [0.717, 1.165) is 78.2 Å². The highest BCUT2D eigenvalue weighted by Gasteiger charge is 2.40. The van der Waals surface area contributed by atoms with E-state index in [2.05, 4.69) is 43.7 Å². The molecule has 4 N–H and O–H groups in total. The van der Waals surface area contributed by atoms with Gasteiger partial charge in [0.05, 0.1) is 35.9 Å². The number of hydrogen-bond donors (Lipinski definition) is 3. The van der Waals surface area contributed by atoms with Gasteiger partial charge in [0.1, 0.15) is 17.7 Å². The highest BCUT2D eigenvalue weighted by molar-refractivity contribution is 5.85. The lowest BCUT2D eigenvalue weighted by Gasteiger charge is -2.34. The van der Waals surface area contributed by atoms with Crippen molar-refractivity contribution in [3.8, 4) is 33.9 Å². The fourth-order valence-electron chi connectivity index (χ4n) is 8.15. The number of ether oxygens (including phenoxy) is 1. The molecule has 5 heterocycles. The first-order chi connectivity index (χ1) is 27.7. The standard InChI is InChI=1S/C43H52N10O4/c1-5-27(4)37(57-43(44)56)42(55)53-22-12-16-35(53)40-48-26-33(50-40)31-23-45-38(46-24-31)30-19-17-28(18-20-30)32-25-47-39(49-32)34-15-11-21-52(34)41(54)36(51(6-2)7-3)29-13-9-8-10-14-29/h8-10,13-14,17-20,23-27,34-37H,5-7,11-12,15-16,21-22H2,1-4H3,(H2,44,56)(H,47,49)(H,48,50)/t27?,34-,35-,36+,37-/m0/s1. The summed E-state index contributed by atoms with van der Waals surface area (Å²) in [4.78, 5) is 70.8. The van der Waals surface area contributed by atoms with Crippen LogP contribution in [0.5, 0.6) is 0 Å². The van der Waals surface area contributed by atoms with Gasteiger partial charge < -0.3 is 30.2 Å². The Labute approximate surface area is 333 Å². The van der Waals surface area contributed by atoms with Crippen molar-refractivity contribution >= 4 is 17.9 Å². The molecule has 298 valence electrons. The Morgan fingerprint density at radius 3 is 1.84 bits per heavy atom. The second kappa shape index (κ2) is 17.5. The number of nitrogens with zero attached hydrogens (tertiary/aromatic N) is 7. The van der Waals surface area contributed by atoms with E-state index in [1.54, 1.807) is 23.5 Å². The first kappa shape index (κ1) is 39.3. The summed E-state index contributed by atoms with van der Waals surface area (Å²) in [7, 11) is 0. The zero-order valence-corrected chi connectivity index (χ0v) is 33.1. The molecule has 3 amide bonds. The molecule has 0 saturated carbocycles. The number of nitrogens with one attached hydrogen (secondary N) is 2. The maximum atomic E-state index is 14.2. The monoisotopic (exact) mass is 772 g/mol. The average molecular weight is 773 g/mol. The molecule has 5 atom stereocenters. The second-order valence-electron chi connectivity index (χ2n) is 14.9. The van der Waals surface area contributed by atoms with Crippen molar-refractivity contribution in [2.45, 2.75) is 84.0 Å². The Balaban J connectivity index is 1.02. The maximum Gasteiger partial charge on any atom is 0.405 e. The highest BCUT2D eigenvalue weighted by Crippen LogP contribution is 2.36. The fourth-order valence-corrected chi connectivity index (χ4v) is 8.15. The van der Waals surface area contributed by atoms with Gasteiger partial charge in [0, 0.05) is 42.5 Å². The summed E-state index contributed by atoms with van der Waals surface area (Å²) in [5.41, 5.74) is 10.5. The summed E-state index contributed by atoms with van der Waals surface area (Å²) in [5.74, 6) is 1.71. The Morgan fingerprint density at radius 2 is 1.30 bits per heavy atom. The minimum atomic E-state index is -0.957. The minimum absolute atomic E-state index is 0.116. The molecule has 0 aliphatic carbocycles. The molecular formula is C43H52N10O4. The maximum absolute atomic E-state index is 14.2. The van der Waals surface area contributed by atoms with Gasteiger partial charge in [-0.3, -0.25) is 14.5 Å². The van der Waals surface area contributed by atoms with Crippen LogP contribution in [0.4, 0.5) is 4.79 Å². The second-order valence-corrected chi connectivity index (χ2v) is 14.9. The van der Waals surface area contributed by atoms with Gasteiger partial charge in [-0.15, -0.1) is 0 Å². The lowest BCUT2D eigenvalue weighted by atomic mass is 10.00. The van der Waals surface area contributed by atoms with E-state index in [1.165, 1.54) is 0 Å². The van der Waals surface area contributed by atoms with Gasteiger partial charge in [0.2, 0.25) is 5.91 Å². The molecule has 14 heteroatoms. The van der Waals surface area contributed by atoms with Crippen LogP contribution in [0.2, 0.25) is 0 Å². The van der Waals surface area contributed by atoms with Crippen LogP contribution < -0.4 is 5.73 Å². The van der Waals surface area contributed by atoms with Crippen molar-refractivity contribution in [2.75, 3.05) is 26.2 Å². The third-order valence-corrected chi connectivity index (χ3v) is 11.5. The number of primary amides is 1. The topological polar surface area (TPSA) is 179 Å². The Morgan fingerprint density at radius 1 is 0.754 bits per heavy atom. The third-order valence-electron chi connectivity index (χ3n) is 11.5. The van der Waals surface area contributed by atoms with Crippen LogP contribution in [0.3, 0.4) is 0 Å². The van der Waals surface area contributed by atoms with E-state index < -0.39 is 12.2 Å². The van der Waals surface area contributed by atoms with E-state index in [1.807, 2.05) is 79.5 Å². The van der Waals surface area contributed by atoms with Crippen molar-refractivity contribution in [2.24, 2.45) is 11.7 Å². The molecule has 2 fully saturated rings. The number of likely N-dealkylation sites (N-methyl/N-ethyl adjacent to an activating group) is 1. The van der Waals surface area contributed by atoms with Gasteiger partial charge in [-0.1, -0.05) is 82.3 Å². The molecule has 2 aliphatic heterocycles. The highest BCUT2D eigenvalue weighted by atomic mass is 16.6. The van der Waals surface area contributed by atoms with Crippen molar-refractivity contribution < 1.29 is 19.1 Å². The number of H-pyrrole nitrogens is 2. The number of carbonyl (C=O) groups is 3. The van der Waals surface area contributed by atoms with Crippen molar-refractivity contribution in [3.05, 3.63) is 96.6 Å². The number of amides is 3. The van der Waals surface area contributed by atoms with E-state index in [-0.39, 0.29) is 35.9 Å². The van der Waals surface area contributed by atoms with Gasteiger partial charge in [-0.2, -0.15) is 0 Å². The molecule has 0 radical (unpaired) electrons. The summed E-state index contributed by atoms with van der Waals surface area (Å²) >= 11 is 0. The van der Waals surface area contributed by atoms with Crippen LogP contribution in [0.25, 0.3) is 33.9 Å². The van der Waals surface area contributed by atoms with Crippen LogP contribution in [0, 0.1) is 5.92 Å². The molecule has 7 rings (SSSR count). The molecule has 0 bridgehead atoms. The molecule has 57 heavy (non-hydrogen) atoms. The number of benzene rings is 2. The molecule has 1 unspecified atom stereocenters. The van der Waals surface area contributed by atoms with E-state index in [0.29, 0.717) is 31.2 Å². The summed E-state index contributed by atoms with van der Waals surface area (Å²) in [5, 5.41) is 0. The molecule has 2 aromatic carbocycles. The largest absolute Gasteiger partial charge is 0.436 e. The average Bonchev–Trinajstić information content (AvgIpc) is 4.09. The molecule has 14 nitrogen and oxygen atoms in total. The summed E-state index contributed by atoms with van der Waals surface area (Å²) in [6.07, 6.45) is 9.16. The lowest BCUT2D eigenvalue weighted by Crippen LogP contribution is -2.45. The number of carbonyl (C=O) groups excluding carboxylic acids is 3. The van der Waals surface area contributed by atoms with Crippen LogP contribution in [-0.2, 0) is 14.3 Å². The summed E-state index contributed by atoms with van der Waals surface area (Å²) < 4.78 is 5.26. The number of aromatic amines is 2. The predicted octanol–water partition coefficient (Wildman–Crippen LogP) is 6.84. The number of hydrogen-bond acceptors (Lipinski definition) is 9. The first-order valence-electron chi connectivity index (χ1n) is 20.1. The SMILES string of the molecule is CCC(C)[C@H](OC(N)=O)C(=O)N1CCC[C@H]1c1ncc(-c2cnc(-c3ccc(-c4cnc([C@@H]5CCCN5C(=O)[C@@H](c5ccccc5)N(CC)CC)[nH]4)cc3)nc2)[nH]1. The summed E-state index contributed by atoms with van der Waals surface area (Å²) in [6, 6.07) is 17.3.